The van der Waals surface area contributed by atoms with Crippen molar-refractivity contribution >= 4 is 5.96 Å². The molecule has 106 valence electrons. The van der Waals surface area contributed by atoms with E-state index in [2.05, 4.69) is 40.5 Å². The molecule has 5 heteroatoms. The molecule has 19 heavy (non-hydrogen) atoms. The number of nitrogens with one attached hydrogen (secondary N) is 1. The fourth-order valence-corrected chi connectivity index (χ4v) is 2.41. The van der Waals surface area contributed by atoms with Gasteiger partial charge in [-0.15, -0.1) is 0 Å². The van der Waals surface area contributed by atoms with Crippen molar-refractivity contribution in [3.63, 3.8) is 0 Å². The molecule has 2 rings (SSSR count). The zero-order valence-corrected chi connectivity index (χ0v) is 12.3. The molecule has 0 unspecified atom stereocenters. The fourth-order valence-electron chi connectivity index (χ4n) is 2.41. The van der Waals surface area contributed by atoms with Crippen LogP contribution in [0.2, 0.25) is 0 Å². The van der Waals surface area contributed by atoms with E-state index in [0.717, 1.165) is 38.7 Å². The number of likely N-dealkylation sites (tertiary alicyclic amines) is 1. The average molecular weight is 263 g/mol. The van der Waals surface area contributed by atoms with Crippen LogP contribution >= 0.6 is 0 Å². The average Bonchev–Trinajstić information content (AvgIpc) is 2.97. The molecule has 5 nitrogen and oxygen atoms in total. The lowest BCUT2D eigenvalue weighted by molar-refractivity contribution is 0.370. The second kappa shape index (κ2) is 6.08. The van der Waals surface area contributed by atoms with Crippen LogP contribution in [0.15, 0.2) is 23.7 Å². The number of imidazole rings is 1. The van der Waals surface area contributed by atoms with E-state index < -0.39 is 0 Å². The molecule has 1 N–H and O–H groups in total. The molecule has 2 heterocycles. The summed E-state index contributed by atoms with van der Waals surface area (Å²) in [6.45, 7) is 11.5. The Hall–Kier alpha value is -1.52. The van der Waals surface area contributed by atoms with Crippen molar-refractivity contribution in [1.29, 1.82) is 0 Å². The molecule has 0 aromatic carbocycles. The van der Waals surface area contributed by atoms with E-state index in [1.165, 1.54) is 6.42 Å². The molecule has 1 aliphatic heterocycles. The number of nitrogens with zero attached hydrogens (tertiary/aromatic N) is 4. The number of aliphatic imine (C=N–C) groups is 1. The van der Waals surface area contributed by atoms with Crippen molar-refractivity contribution in [2.45, 2.75) is 33.7 Å². The Morgan fingerprint density at radius 2 is 2.32 bits per heavy atom. The van der Waals surface area contributed by atoms with Gasteiger partial charge < -0.3 is 14.8 Å². The third-order valence-electron chi connectivity index (χ3n) is 3.49. The molecular weight excluding hydrogens is 238 g/mol. The van der Waals surface area contributed by atoms with Crippen molar-refractivity contribution in [3.8, 4) is 0 Å². The number of guanidine groups is 1. The number of hydrogen-bond donors (Lipinski definition) is 1. The number of rotatable bonds is 4. The number of hydrogen-bond acceptors (Lipinski definition) is 2. The molecule has 1 aromatic heterocycles. The summed E-state index contributed by atoms with van der Waals surface area (Å²) in [5.41, 5.74) is 0.403. The Labute approximate surface area is 115 Å². The molecular formula is C14H25N5. The van der Waals surface area contributed by atoms with E-state index in [0.29, 0.717) is 5.41 Å². The van der Waals surface area contributed by atoms with Gasteiger partial charge in [0.05, 0.1) is 12.9 Å². The second-order valence-corrected chi connectivity index (χ2v) is 5.87. The second-order valence-electron chi connectivity index (χ2n) is 5.87. The van der Waals surface area contributed by atoms with E-state index in [9.17, 15) is 0 Å². The predicted octanol–water partition coefficient (Wildman–Crippen LogP) is 1.58. The first-order chi connectivity index (χ1) is 9.11. The Balaban J connectivity index is 1.91. The Morgan fingerprint density at radius 1 is 1.47 bits per heavy atom. The normalized spacial score (nSPS) is 18.9. The van der Waals surface area contributed by atoms with Gasteiger partial charge in [-0.3, -0.25) is 4.99 Å². The standard InChI is InChI=1S/C14H25N5/c1-4-16-13(19-8-5-14(2,3)11-19)17-7-10-18-9-6-15-12-18/h6,9,12H,4-5,7-8,10-11H2,1-3H3,(H,16,17). The highest BCUT2D eigenvalue weighted by Crippen LogP contribution is 2.28. The van der Waals surface area contributed by atoms with E-state index in [-0.39, 0.29) is 0 Å². The van der Waals surface area contributed by atoms with Gasteiger partial charge in [0.2, 0.25) is 0 Å². The van der Waals surface area contributed by atoms with Crippen LogP contribution in [0.1, 0.15) is 27.2 Å². The van der Waals surface area contributed by atoms with Crippen molar-refractivity contribution in [3.05, 3.63) is 18.7 Å². The molecule has 0 spiro atoms. The maximum absolute atomic E-state index is 4.72. The molecule has 0 saturated carbocycles. The van der Waals surface area contributed by atoms with Crippen LogP contribution in [0.25, 0.3) is 0 Å². The van der Waals surface area contributed by atoms with Crippen LogP contribution in [0.4, 0.5) is 0 Å². The van der Waals surface area contributed by atoms with Crippen LogP contribution in [0.3, 0.4) is 0 Å². The van der Waals surface area contributed by atoms with E-state index >= 15 is 0 Å². The maximum atomic E-state index is 4.72. The molecule has 1 saturated heterocycles. The molecule has 0 atom stereocenters. The summed E-state index contributed by atoms with van der Waals surface area (Å²) in [7, 11) is 0. The van der Waals surface area contributed by atoms with Gasteiger partial charge in [-0.05, 0) is 18.8 Å². The summed E-state index contributed by atoms with van der Waals surface area (Å²) in [6.07, 6.45) is 6.85. The third kappa shape index (κ3) is 3.98. The summed E-state index contributed by atoms with van der Waals surface area (Å²) in [4.78, 5) is 11.1. The Kier molecular flexibility index (Phi) is 4.45. The SMILES string of the molecule is CCNC(=NCCn1ccnc1)N1CCC(C)(C)C1. The summed E-state index contributed by atoms with van der Waals surface area (Å²) < 4.78 is 2.06. The minimum absolute atomic E-state index is 0.403. The van der Waals surface area contributed by atoms with Gasteiger partial charge in [0.15, 0.2) is 5.96 Å². The monoisotopic (exact) mass is 263 g/mol. The zero-order valence-electron chi connectivity index (χ0n) is 12.3. The first-order valence-electron chi connectivity index (χ1n) is 7.10. The van der Waals surface area contributed by atoms with Crippen LogP contribution < -0.4 is 5.32 Å². The molecule has 0 amide bonds. The first-order valence-corrected chi connectivity index (χ1v) is 7.10. The highest BCUT2D eigenvalue weighted by Gasteiger charge is 2.30. The van der Waals surface area contributed by atoms with Crippen molar-refractivity contribution in [1.82, 2.24) is 19.8 Å². The maximum Gasteiger partial charge on any atom is 0.193 e. The van der Waals surface area contributed by atoms with Gasteiger partial charge in [-0.2, -0.15) is 0 Å². The van der Waals surface area contributed by atoms with Crippen LogP contribution in [-0.4, -0.2) is 46.6 Å². The minimum atomic E-state index is 0.403. The summed E-state index contributed by atoms with van der Waals surface area (Å²) >= 11 is 0. The fraction of sp³-hybridized carbons (Fsp3) is 0.714. The van der Waals surface area contributed by atoms with Crippen LogP contribution in [-0.2, 0) is 6.54 Å². The topological polar surface area (TPSA) is 45.5 Å². The summed E-state index contributed by atoms with van der Waals surface area (Å²) in [5, 5.41) is 3.39. The lowest BCUT2D eigenvalue weighted by Gasteiger charge is -2.23. The summed E-state index contributed by atoms with van der Waals surface area (Å²) in [6, 6.07) is 0. The first kappa shape index (κ1) is 13.9. The van der Waals surface area contributed by atoms with Crippen LogP contribution in [0.5, 0.6) is 0 Å². The molecule has 0 radical (unpaired) electrons. The van der Waals surface area contributed by atoms with Crippen LogP contribution in [0, 0.1) is 5.41 Å². The van der Waals surface area contributed by atoms with Crippen molar-refractivity contribution < 1.29 is 0 Å². The molecule has 0 bridgehead atoms. The largest absolute Gasteiger partial charge is 0.357 e. The third-order valence-corrected chi connectivity index (χ3v) is 3.49. The lowest BCUT2D eigenvalue weighted by atomic mass is 9.93. The van der Waals surface area contributed by atoms with E-state index in [1.54, 1.807) is 6.20 Å². The smallest absolute Gasteiger partial charge is 0.193 e. The molecule has 1 fully saturated rings. The molecule has 1 aromatic rings. The summed E-state index contributed by atoms with van der Waals surface area (Å²) in [5.74, 6) is 1.05. The molecule has 0 aliphatic carbocycles. The minimum Gasteiger partial charge on any atom is -0.357 e. The van der Waals surface area contributed by atoms with Gasteiger partial charge in [0.25, 0.3) is 0 Å². The zero-order chi connectivity index (χ0) is 13.7. The lowest BCUT2D eigenvalue weighted by Crippen LogP contribution is -2.41. The van der Waals surface area contributed by atoms with Gasteiger partial charge in [0.1, 0.15) is 0 Å². The van der Waals surface area contributed by atoms with Crippen molar-refractivity contribution in [2.75, 3.05) is 26.2 Å². The Morgan fingerprint density at radius 3 is 2.89 bits per heavy atom. The predicted molar refractivity (Wildman–Crippen MR) is 78.2 cm³/mol. The molecule has 1 aliphatic rings. The number of aromatic nitrogens is 2. The van der Waals surface area contributed by atoms with E-state index in [4.69, 9.17) is 4.99 Å². The van der Waals surface area contributed by atoms with Gasteiger partial charge in [-0.1, -0.05) is 13.8 Å². The van der Waals surface area contributed by atoms with Gasteiger partial charge >= 0.3 is 0 Å². The van der Waals surface area contributed by atoms with Crippen molar-refractivity contribution in [2.24, 2.45) is 10.4 Å². The highest BCUT2D eigenvalue weighted by atomic mass is 15.3. The van der Waals surface area contributed by atoms with E-state index in [1.807, 2.05) is 12.5 Å². The van der Waals surface area contributed by atoms with Gasteiger partial charge in [-0.25, -0.2) is 4.98 Å². The van der Waals surface area contributed by atoms with Gasteiger partial charge in [0, 0.05) is 38.6 Å². The Bertz CT molecular complexity index is 407. The quantitative estimate of drug-likeness (QED) is 0.662. The highest BCUT2D eigenvalue weighted by molar-refractivity contribution is 5.80.